The fourth-order valence-corrected chi connectivity index (χ4v) is 2.90. The second-order valence-electron chi connectivity index (χ2n) is 4.82. The lowest BCUT2D eigenvalue weighted by atomic mass is 9.97. The number of piperidine rings is 1. The molecule has 20 heavy (non-hydrogen) atoms. The number of carbonyl (C=O) groups excluding carboxylic acids is 2. The van der Waals surface area contributed by atoms with Gasteiger partial charge in [-0.3, -0.25) is 9.59 Å². The van der Waals surface area contributed by atoms with E-state index in [0.29, 0.717) is 13.1 Å². The Morgan fingerprint density at radius 1 is 1.55 bits per heavy atom. The average Bonchev–Trinajstić information content (AvgIpc) is 2.48. The Balaban J connectivity index is 2.02. The Labute approximate surface area is 122 Å². The van der Waals surface area contributed by atoms with Crippen molar-refractivity contribution in [3.8, 4) is 0 Å². The summed E-state index contributed by atoms with van der Waals surface area (Å²) >= 11 is 1.49. The van der Waals surface area contributed by atoms with E-state index in [2.05, 4.69) is 9.97 Å². The van der Waals surface area contributed by atoms with Gasteiger partial charge in [0.1, 0.15) is 11.4 Å². The minimum absolute atomic E-state index is 0.000972. The highest BCUT2D eigenvalue weighted by Gasteiger charge is 2.27. The first kappa shape index (κ1) is 14.8. The number of amides is 2. The van der Waals surface area contributed by atoms with E-state index in [0.717, 1.165) is 23.4 Å². The van der Waals surface area contributed by atoms with Gasteiger partial charge in [-0.25, -0.2) is 9.97 Å². The molecule has 1 atom stereocenters. The van der Waals surface area contributed by atoms with Crippen LogP contribution >= 0.6 is 11.8 Å². The van der Waals surface area contributed by atoms with Gasteiger partial charge in [0.05, 0.1) is 12.3 Å². The summed E-state index contributed by atoms with van der Waals surface area (Å²) in [5.41, 5.74) is 6.15. The molecule has 1 fully saturated rings. The normalized spacial score (nSPS) is 18.9. The van der Waals surface area contributed by atoms with Gasteiger partial charge in [-0.2, -0.15) is 0 Å². The molecule has 2 heterocycles. The number of primary amides is 1. The molecule has 0 saturated carbocycles. The molecule has 1 saturated heterocycles. The summed E-state index contributed by atoms with van der Waals surface area (Å²) in [7, 11) is 0. The van der Waals surface area contributed by atoms with Crippen LogP contribution in [-0.2, 0) is 16.0 Å². The molecule has 2 rings (SSSR count). The van der Waals surface area contributed by atoms with E-state index in [9.17, 15) is 9.59 Å². The maximum atomic E-state index is 12.3. The number of likely N-dealkylation sites (tertiary alicyclic amines) is 1. The molecule has 0 radical (unpaired) electrons. The molecule has 0 aliphatic carbocycles. The van der Waals surface area contributed by atoms with Gasteiger partial charge in [-0.05, 0) is 19.1 Å². The molecule has 0 aromatic carbocycles. The van der Waals surface area contributed by atoms with E-state index in [1.807, 2.05) is 6.26 Å². The molecule has 0 unspecified atom stereocenters. The summed E-state index contributed by atoms with van der Waals surface area (Å²) in [5.74, 6) is -0.545. The van der Waals surface area contributed by atoms with Crippen LogP contribution in [0.3, 0.4) is 0 Å². The van der Waals surface area contributed by atoms with Crippen LogP contribution < -0.4 is 5.73 Å². The molecular formula is C13H18N4O2S. The zero-order valence-electron chi connectivity index (χ0n) is 11.4. The number of hydrogen-bond acceptors (Lipinski definition) is 5. The Morgan fingerprint density at radius 2 is 2.35 bits per heavy atom. The van der Waals surface area contributed by atoms with Crippen LogP contribution in [0.1, 0.15) is 18.4 Å². The van der Waals surface area contributed by atoms with Gasteiger partial charge >= 0.3 is 0 Å². The van der Waals surface area contributed by atoms with Crippen LogP contribution in [0.25, 0.3) is 0 Å². The van der Waals surface area contributed by atoms with E-state index in [1.54, 1.807) is 11.1 Å². The van der Waals surface area contributed by atoms with Crippen molar-refractivity contribution in [1.82, 2.24) is 14.9 Å². The van der Waals surface area contributed by atoms with Crippen molar-refractivity contribution in [3.63, 3.8) is 0 Å². The minimum Gasteiger partial charge on any atom is -0.369 e. The van der Waals surface area contributed by atoms with Crippen LogP contribution in [0.5, 0.6) is 0 Å². The predicted octanol–water partition coefficient (Wildman–Crippen LogP) is 0.465. The summed E-state index contributed by atoms with van der Waals surface area (Å²) in [5, 5.41) is 0.816. The molecular weight excluding hydrogens is 276 g/mol. The Hall–Kier alpha value is -1.63. The van der Waals surface area contributed by atoms with E-state index in [-0.39, 0.29) is 24.2 Å². The lowest BCUT2D eigenvalue weighted by Crippen LogP contribution is -2.44. The lowest BCUT2D eigenvalue weighted by Gasteiger charge is -2.31. The molecule has 1 aromatic heterocycles. The maximum Gasteiger partial charge on any atom is 0.227 e. The van der Waals surface area contributed by atoms with Crippen molar-refractivity contribution in [1.29, 1.82) is 0 Å². The third-order valence-corrected chi connectivity index (χ3v) is 4.21. The minimum atomic E-state index is -0.324. The van der Waals surface area contributed by atoms with Crippen molar-refractivity contribution in [2.45, 2.75) is 24.3 Å². The summed E-state index contributed by atoms with van der Waals surface area (Å²) in [6.45, 7) is 1.11. The quantitative estimate of drug-likeness (QED) is 0.644. The molecule has 1 aliphatic heterocycles. The van der Waals surface area contributed by atoms with Crippen molar-refractivity contribution in [3.05, 3.63) is 18.1 Å². The second-order valence-corrected chi connectivity index (χ2v) is 5.61. The summed E-state index contributed by atoms with van der Waals surface area (Å²) < 4.78 is 0. The maximum absolute atomic E-state index is 12.3. The first-order valence-corrected chi connectivity index (χ1v) is 7.74. The van der Waals surface area contributed by atoms with Gasteiger partial charge in [0.25, 0.3) is 0 Å². The molecule has 0 spiro atoms. The molecule has 108 valence electrons. The number of thioether (sulfide) groups is 1. The van der Waals surface area contributed by atoms with Gasteiger partial charge in [-0.1, -0.05) is 0 Å². The number of carbonyl (C=O) groups is 2. The van der Waals surface area contributed by atoms with Crippen molar-refractivity contribution < 1.29 is 9.59 Å². The van der Waals surface area contributed by atoms with Gasteiger partial charge < -0.3 is 10.6 Å². The number of aromatic nitrogens is 2. The molecule has 2 N–H and O–H groups in total. The van der Waals surface area contributed by atoms with Crippen LogP contribution in [-0.4, -0.2) is 46.0 Å². The third kappa shape index (κ3) is 3.47. The summed E-state index contributed by atoms with van der Waals surface area (Å²) in [4.78, 5) is 33.4. The van der Waals surface area contributed by atoms with Crippen molar-refractivity contribution in [2.24, 2.45) is 11.7 Å². The highest BCUT2D eigenvalue weighted by molar-refractivity contribution is 7.98. The standard InChI is InChI=1S/C13H18N4O2S/c1-20-13-10(6-15-8-16-13)5-11(18)17-4-2-3-9(7-17)12(14)19/h6,8-9H,2-5,7H2,1H3,(H2,14,19)/t9-/m0/s1. The fourth-order valence-electron chi connectivity index (χ4n) is 2.36. The molecule has 2 amide bonds. The fraction of sp³-hybridized carbons (Fsp3) is 0.538. The molecule has 0 bridgehead atoms. The zero-order chi connectivity index (χ0) is 14.5. The van der Waals surface area contributed by atoms with Crippen LogP contribution in [0, 0.1) is 5.92 Å². The smallest absolute Gasteiger partial charge is 0.227 e. The van der Waals surface area contributed by atoms with E-state index < -0.39 is 0 Å². The highest BCUT2D eigenvalue weighted by atomic mass is 32.2. The zero-order valence-corrected chi connectivity index (χ0v) is 12.2. The van der Waals surface area contributed by atoms with E-state index in [4.69, 9.17) is 5.73 Å². The van der Waals surface area contributed by atoms with Crippen LogP contribution in [0.4, 0.5) is 0 Å². The first-order chi connectivity index (χ1) is 9.61. The largest absolute Gasteiger partial charge is 0.369 e. The summed E-state index contributed by atoms with van der Waals surface area (Å²) in [6, 6.07) is 0. The van der Waals surface area contributed by atoms with Gasteiger partial charge in [0.2, 0.25) is 11.8 Å². The third-order valence-electron chi connectivity index (χ3n) is 3.46. The van der Waals surface area contributed by atoms with Gasteiger partial charge in [0, 0.05) is 24.8 Å². The van der Waals surface area contributed by atoms with Crippen molar-refractivity contribution in [2.75, 3.05) is 19.3 Å². The highest BCUT2D eigenvalue weighted by Crippen LogP contribution is 2.20. The first-order valence-electron chi connectivity index (χ1n) is 6.51. The Bertz CT molecular complexity index is 509. The SMILES string of the molecule is CSc1ncncc1CC(=O)N1CCC[C@H](C(N)=O)C1. The topological polar surface area (TPSA) is 89.2 Å². The second kappa shape index (κ2) is 6.69. The Morgan fingerprint density at radius 3 is 3.05 bits per heavy atom. The van der Waals surface area contributed by atoms with E-state index >= 15 is 0 Å². The van der Waals surface area contributed by atoms with Crippen molar-refractivity contribution >= 4 is 23.6 Å². The molecule has 6 nitrogen and oxygen atoms in total. The summed E-state index contributed by atoms with van der Waals surface area (Å²) in [6.07, 6.45) is 6.92. The molecule has 1 aromatic rings. The van der Waals surface area contributed by atoms with Gasteiger partial charge in [-0.15, -0.1) is 11.8 Å². The molecule has 7 heteroatoms. The Kier molecular flexibility index (Phi) is 4.94. The predicted molar refractivity (Wildman–Crippen MR) is 76.0 cm³/mol. The van der Waals surface area contributed by atoms with Gasteiger partial charge in [0.15, 0.2) is 0 Å². The molecule has 1 aliphatic rings. The van der Waals surface area contributed by atoms with Crippen LogP contribution in [0.15, 0.2) is 17.6 Å². The van der Waals surface area contributed by atoms with E-state index in [1.165, 1.54) is 18.1 Å². The number of nitrogens with two attached hydrogens (primary N) is 1. The number of hydrogen-bond donors (Lipinski definition) is 1. The monoisotopic (exact) mass is 294 g/mol. The number of rotatable bonds is 4. The number of nitrogens with zero attached hydrogens (tertiary/aromatic N) is 3. The average molecular weight is 294 g/mol. The lowest BCUT2D eigenvalue weighted by molar-refractivity contribution is -0.134. The van der Waals surface area contributed by atoms with Crippen LogP contribution in [0.2, 0.25) is 0 Å².